The summed E-state index contributed by atoms with van der Waals surface area (Å²) in [4.78, 5) is 26.7. The van der Waals surface area contributed by atoms with Gasteiger partial charge in [0.05, 0.1) is 10.8 Å². The number of nitrogens with one attached hydrogen (secondary N) is 2. The number of nitrogens with zero attached hydrogens (tertiary/aromatic N) is 1. The molecule has 2 N–H and O–H groups in total. The standard InChI is InChI=1S/C21H33N3O4S/c1-5-9-22-21(26)18-7-6-11-24(14-18)19(25)8-10-23-29(27,28)20-16(3)12-15(2)13-17(20)4/h12-13,18,23H,5-11,14H2,1-4H3,(H,22,26). The van der Waals surface area contributed by atoms with Crippen molar-refractivity contribution in [2.24, 2.45) is 5.92 Å². The molecule has 1 saturated heterocycles. The number of hydrogen-bond donors (Lipinski definition) is 2. The molecule has 2 amide bonds. The molecule has 1 aliphatic rings. The Morgan fingerprint density at radius 3 is 2.41 bits per heavy atom. The van der Waals surface area contributed by atoms with Crippen LogP contribution in [0.1, 0.15) is 49.3 Å². The lowest BCUT2D eigenvalue weighted by Gasteiger charge is -2.32. The highest BCUT2D eigenvalue weighted by molar-refractivity contribution is 7.89. The Morgan fingerprint density at radius 1 is 1.14 bits per heavy atom. The fourth-order valence-electron chi connectivity index (χ4n) is 3.92. The molecule has 29 heavy (non-hydrogen) atoms. The summed E-state index contributed by atoms with van der Waals surface area (Å²) in [6, 6.07) is 3.67. The molecule has 1 aromatic carbocycles. The Kier molecular flexibility index (Phi) is 8.22. The molecule has 8 heteroatoms. The number of hydrogen-bond acceptors (Lipinski definition) is 4. The van der Waals surface area contributed by atoms with E-state index in [1.165, 1.54) is 0 Å². The van der Waals surface area contributed by atoms with Gasteiger partial charge in [-0.1, -0.05) is 24.6 Å². The van der Waals surface area contributed by atoms with Crippen LogP contribution in [0.5, 0.6) is 0 Å². The lowest BCUT2D eigenvalue weighted by atomic mass is 9.97. The predicted molar refractivity (Wildman–Crippen MR) is 113 cm³/mol. The minimum Gasteiger partial charge on any atom is -0.356 e. The van der Waals surface area contributed by atoms with Crippen LogP contribution < -0.4 is 10.0 Å². The van der Waals surface area contributed by atoms with Crippen molar-refractivity contribution in [1.82, 2.24) is 14.9 Å². The van der Waals surface area contributed by atoms with Crippen molar-refractivity contribution < 1.29 is 18.0 Å². The quantitative estimate of drug-likeness (QED) is 0.669. The molecule has 1 atom stereocenters. The molecule has 2 rings (SSSR count). The first-order valence-corrected chi connectivity index (χ1v) is 11.8. The number of carbonyl (C=O) groups excluding carboxylic acids is 2. The van der Waals surface area contributed by atoms with E-state index >= 15 is 0 Å². The molecule has 1 aromatic rings. The Bertz CT molecular complexity index is 828. The molecule has 0 saturated carbocycles. The number of aryl methyl sites for hydroxylation is 3. The Hall–Kier alpha value is -1.93. The van der Waals surface area contributed by atoms with Gasteiger partial charge in [-0.3, -0.25) is 9.59 Å². The molecular weight excluding hydrogens is 390 g/mol. The molecule has 0 aliphatic carbocycles. The highest BCUT2D eigenvalue weighted by Gasteiger charge is 2.28. The number of carbonyl (C=O) groups is 2. The lowest BCUT2D eigenvalue weighted by Crippen LogP contribution is -2.46. The van der Waals surface area contributed by atoms with Crippen molar-refractivity contribution in [2.45, 2.75) is 58.3 Å². The van der Waals surface area contributed by atoms with Gasteiger partial charge >= 0.3 is 0 Å². The highest BCUT2D eigenvalue weighted by atomic mass is 32.2. The highest BCUT2D eigenvalue weighted by Crippen LogP contribution is 2.22. The van der Waals surface area contributed by atoms with Crippen molar-refractivity contribution in [2.75, 3.05) is 26.2 Å². The summed E-state index contributed by atoms with van der Waals surface area (Å²) in [7, 11) is -3.68. The fraction of sp³-hybridized carbons (Fsp3) is 0.619. The predicted octanol–water partition coefficient (Wildman–Crippen LogP) is 2.05. The molecular formula is C21H33N3O4S. The molecule has 7 nitrogen and oxygen atoms in total. The molecule has 0 aromatic heterocycles. The summed E-state index contributed by atoms with van der Waals surface area (Å²) in [6.45, 7) is 9.17. The van der Waals surface area contributed by atoms with Gasteiger partial charge in [0.25, 0.3) is 0 Å². The van der Waals surface area contributed by atoms with Crippen molar-refractivity contribution in [1.29, 1.82) is 0 Å². The van der Waals surface area contributed by atoms with E-state index in [0.29, 0.717) is 30.8 Å². The van der Waals surface area contributed by atoms with Crippen molar-refractivity contribution >= 4 is 21.8 Å². The van der Waals surface area contributed by atoms with E-state index in [4.69, 9.17) is 0 Å². The van der Waals surface area contributed by atoms with E-state index in [2.05, 4.69) is 10.0 Å². The van der Waals surface area contributed by atoms with Gasteiger partial charge in [0.2, 0.25) is 21.8 Å². The maximum atomic E-state index is 12.7. The van der Waals surface area contributed by atoms with E-state index in [-0.39, 0.29) is 35.6 Å². The van der Waals surface area contributed by atoms with Crippen LogP contribution in [0.2, 0.25) is 0 Å². The molecule has 1 heterocycles. The number of piperidine rings is 1. The average Bonchev–Trinajstić information content (AvgIpc) is 2.64. The number of benzene rings is 1. The van der Waals surface area contributed by atoms with Gasteiger partial charge in [0.15, 0.2) is 0 Å². The summed E-state index contributed by atoms with van der Waals surface area (Å²) in [5.74, 6) is -0.317. The van der Waals surface area contributed by atoms with E-state index in [1.54, 1.807) is 18.7 Å². The number of sulfonamides is 1. The summed E-state index contributed by atoms with van der Waals surface area (Å²) >= 11 is 0. The maximum Gasteiger partial charge on any atom is 0.241 e. The van der Waals surface area contributed by atoms with Crippen LogP contribution in [0, 0.1) is 26.7 Å². The molecule has 162 valence electrons. The Morgan fingerprint density at radius 2 is 1.79 bits per heavy atom. The molecule has 0 spiro atoms. The molecule has 1 fully saturated rings. The van der Waals surface area contributed by atoms with Crippen LogP contribution in [0.4, 0.5) is 0 Å². The van der Waals surface area contributed by atoms with Crippen LogP contribution in [0.25, 0.3) is 0 Å². The second-order valence-electron chi connectivity index (χ2n) is 7.85. The zero-order chi connectivity index (χ0) is 21.6. The molecule has 1 unspecified atom stereocenters. The number of amides is 2. The van der Waals surface area contributed by atoms with Crippen molar-refractivity contribution in [3.05, 3.63) is 28.8 Å². The van der Waals surface area contributed by atoms with Crippen LogP contribution in [0.15, 0.2) is 17.0 Å². The van der Waals surface area contributed by atoms with Crippen molar-refractivity contribution in [3.8, 4) is 0 Å². The van der Waals surface area contributed by atoms with Gasteiger partial charge in [-0.2, -0.15) is 0 Å². The first-order valence-electron chi connectivity index (χ1n) is 10.3. The third-order valence-electron chi connectivity index (χ3n) is 5.20. The van der Waals surface area contributed by atoms with Gasteiger partial charge in [-0.25, -0.2) is 13.1 Å². The van der Waals surface area contributed by atoms with E-state index < -0.39 is 10.0 Å². The SMILES string of the molecule is CCCNC(=O)C1CCCN(C(=O)CCNS(=O)(=O)c2c(C)cc(C)cc2C)C1. The molecule has 0 radical (unpaired) electrons. The van der Waals surface area contributed by atoms with Crippen molar-refractivity contribution in [3.63, 3.8) is 0 Å². The van der Waals surface area contributed by atoms with Gasteiger partial charge in [-0.15, -0.1) is 0 Å². The Labute approximate surface area is 174 Å². The third kappa shape index (κ3) is 6.27. The fourth-order valence-corrected chi connectivity index (χ4v) is 5.40. The van der Waals surface area contributed by atoms with E-state index in [9.17, 15) is 18.0 Å². The van der Waals surface area contributed by atoms with Crippen LogP contribution in [0.3, 0.4) is 0 Å². The first-order chi connectivity index (χ1) is 13.7. The zero-order valence-electron chi connectivity index (χ0n) is 17.9. The molecule has 1 aliphatic heterocycles. The van der Waals surface area contributed by atoms with Gasteiger partial charge in [0.1, 0.15) is 0 Å². The van der Waals surface area contributed by atoms with Crippen LogP contribution in [-0.2, 0) is 19.6 Å². The molecule has 0 bridgehead atoms. The topological polar surface area (TPSA) is 95.6 Å². The second-order valence-corrected chi connectivity index (χ2v) is 9.55. The van der Waals surface area contributed by atoms with Gasteiger partial charge < -0.3 is 10.2 Å². The average molecular weight is 424 g/mol. The van der Waals surface area contributed by atoms with Gasteiger partial charge in [0, 0.05) is 32.6 Å². The maximum absolute atomic E-state index is 12.7. The summed E-state index contributed by atoms with van der Waals surface area (Å²) in [6.07, 6.45) is 2.51. The largest absolute Gasteiger partial charge is 0.356 e. The van der Waals surface area contributed by atoms with E-state index in [0.717, 1.165) is 24.8 Å². The number of likely N-dealkylation sites (tertiary alicyclic amines) is 1. The smallest absolute Gasteiger partial charge is 0.241 e. The Balaban J connectivity index is 1.91. The second kappa shape index (κ2) is 10.2. The minimum absolute atomic E-state index is 0.00428. The summed E-state index contributed by atoms with van der Waals surface area (Å²) in [5.41, 5.74) is 2.40. The minimum atomic E-state index is -3.68. The van der Waals surface area contributed by atoms with Crippen LogP contribution in [-0.4, -0.2) is 51.3 Å². The van der Waals surface area contributed by atoms with Gasteiger partial charge in [-0.05, 0) is 51.2 Å². The van der Waals surface area contributed by atoms with E-state index in [1.807, 2.05) is 26.0 Å². The summed E-state index contributed by atoms with van der Waals surface area (Å²) < 4.78 is 27.9. The number of rotatable bonds is 8. The monoisotopic (exact) mass is 423 g/mol. The summed E-state index contributed by atoms with van der Waals surface area (Å²) in [5, 5.41) is 2.89. The van der Waals surface area contributed by atoms with Crippen LogP contribution >= 0.6 is 0 Å². The normalized spacial score (nSPS) is 17.2. The first kappa shape index (κ1) is 23.3. The third-order valence-corrected chi connectivity index (χ3v) is 6.96. The zero-order valence-corrected chi connectivity index (χ0v) is 18.7. The lowest BCUT2D eigenvalue weighted by molar-refractivity contribution is -0.135.